The Hall–Kier alpha value is -3.26. The first-order valence-electron chi connectivity index (χ1n) is 8.48. The number of anilines is 2. The quantitative estimate of drug-likeness (QED) is 0.659. The Morgan fingerprint density at radius 3 is 2.22 bits per heavy atom. The molecule has 0 fully saturated rings. The van der Waals surface area contributed by atoms with Gasteiger partial charge in [0.2, 0.25) is 6.79 Å². The fourth-order valence-electron chi connectivity index (χ4n) is 2.67. The number of nitrogens with one attached hydrogen (secondary N) is 3. The summed E-state index contributed by atoms with van der Waals surface area (Å²) >= 11 is 0. The Morgan fingerprint density at radius 1 is 0.963 bits per heavy atom. The maximum Gasteiger partial charge on any atom is 0.279 e. The summed E-state index contributed by atoms with van der Waals surface area (Å²) in [5.41, 5.74) is 1.30. The van der Waals surface area contributed by atoms with Gasteiger partial charge in [0.05, 0.1) is 14.2 Å². The van der Waals surface area contributed by atoms with Crippen LogP contribution in [-0.4, -0.2) is 45.9 Å². The number of benzene rings is 2. The highest BCUT2D eigenvalue weighted by Crippen LogP contribution is 2.34. The number of ether oxygens (including phenoxy) is 3. The molecule has 0 radical (unpaired) electrons. The van der Waals surface area contributed by atoms with Gasteiger partial charge in [-0.05, 0) is 36.4 Å². The molecule has 0 spiro atoms. The van der Waals surface area contributed by atoms with Crippen LogP contribution in [0.5, 0.6) is 17.2 Å². The van der Waals surface area contributed by atoms with Gasteiger partial charge in [-0.1, -0.05) is 0 Å². The second-order valence-corrected chi connectivity index (χ2v) is 6.20. The van der Waals surface area contributed by atoms with Crippen molar-refractivity contribution in [3.05, 3.63) is 42.5 Å². The molecule has 2 aromatic carbocycles. The molecule has 142 valence electrons. The number of hydrogen-bond donors (Lipinski definition) is 3. The summed E-state index contributed by atoms with van der Waals surface area (Å²) in [6.45, 7) is 0.508. The molecule has 27 heavy (non-hydrogen) atoms. The largest absolute Gasteiger partial charge is 0.497 e. The summed E-state index contributed by atoms with van der Waals surface area (Å²) in [5.74, 6) is 1.62. The van der Waals surface area contributed by atoms with Crippen molar-refractivity contribution in [3.63, 3.8) is 0 Å². The molecule has 3 rings (SSSR count). The van der Waals surface area contributed by atoms with Crippen molar-refractivity contribution >= 4 is 23.2 Å². The number of amides is 2. The number of carbonyl (C=O) groups is 2. The zero-order valence-corrected chi connectivity index (χ0v) is 15.2. The van der Waals surface area contributed by atoms with Crippen LogP contribution in [0, 0.1) is 0 Å². The summed E-state index contributed by atoms with van der Waals surface area (Å²) in [6, 6.07) is 12.3. The van der Waals surface area contributed by atoms with Gasteiger partial charge in [0.15, 0.2) is 24.6 Å². The number of rotatable bonds is 7. The van der Waals surface area contributed by atoms with E-state index in [9.17, 15) is 9.59 Å². The van der Waals surface area contributed by atoms with Gasteiger partial charge in [0.25, 0.3) is 11.8 Å². The molecule has 0 saturated carbocycles. The Balaban J connectivity index is 1.45. The van der Waals surface area contributed by atoms with E-state index in [0.717, 1.165) is 10.6 Å². The minimum Gasteiger partial charge on any atom is -0.497 e. The molecule has 0 aromatic heterocycles. The molecule has 2 aromatic rings. The summed E-state index contributed by atoms with van der Waals surface area (Å²) in [6.07, 6.45) is 0. The maximum absolute atomic E-state index is 12.2. The van der Waals surface area contributed by atoms with Gasteiger partial charge < -0.3 is 29.7 Å². The highest BCUT2D eigenvalue weighted by atomic mass is 16.7. The maximum atomic E-state index is 12.2. The Morgan fingerprint density at radius 2 is 1.56 bits per heavy atom. The lowest BCUT2D eigenvalue weighted by Gasteiger charge is -2.14. The molecular weight excluding hydrogens is 350 g/mol. The lowest BCUT2D eigenvalue weighted by Crippen LogP contribution is -3.11. The van der Waals surface area contributed by atoms with Crippen LogP contribution in [0.3, 0.4) is 0 Å². The molecule has 1 unspecified atom stereocenters. The smallest absolute Gasteiger partial charge is 0.279 e. The minimum atomic E-state index is -0.191. The molecule has 1 atom stereocenters. The van der Waals surface area contributed by atoms with E-state index in [2.05, 4.69) is 10.6 Å². The number of likely N-dealkylation sites (N-methyl/N-ethyl adjacent to an activating group) is 1. The zero-order valence-electron chi connectivity index (χ0n) is 15.2. The van der Waals surface area contributed by atoms with Crippen molar-refractivity contribution < 1.29 is 28.7 Å². The third-order valence-corrected chi connectivity index (χ3v) is 3.95. The Bertz CT molecular complexity index is 823. The number of carbonyl (C=O) groups excluding carboxylic acids is 2. The fourth-order valence-corrected chi connectivity index (χ4v) is 2.67. The van der Waals surface area contributed by atoms with Crippen molar-refractivity contribution in [2.75, 3.05) is 44.7 Å². The van der Waals surface area contributed by atoms with Gasteiger partial charge >= 0.3 is 0 Å². The van der Waals surface area contributed by atoms with Gasteiger partial charge in [-0.2, -0.15) is 0 Å². The van der Waals surface area contributed by atoms with Gasteiger partial charge in [0, 0.05) is 17.4 Å². The predicted octanol–water partition coefficient (Wildman–Crippen LogP) is 0.516. The second-order valence-electron chi connectivity index (χ2n) is 6.20. The first-order valence-corrected chi connectivity index (χ1v) is 8.48. The normalized spacial score (nSPS) is 13.0. The molecule has 0 aliphatic carbocycles. The first kappa shape index (κ1) is 18.5. The highest BCUT2D eigenvalue weighted by molar-refractivity contribution is 5.93. The van der Waals surface area contributed by atoms with E-state index < -0.39 is 0 Å². The van der Waals surface area contributed by atoms with E-state index in [1.165, 1.54) is 0 Å². The van der Waals surface area contributed by atoms with Crippen LogP contribution < -0.4 is 29.7 Å². The molecule has 1 heterocycles. The van der Waals surface area contributed by atoms with Crippen LogP contribution in [0.25, 0.3) is 0 Å². The molecule has 8 nitrogen and oxygen atoms in total. The van der Waals surface area contributed by atoms with Crippen molar-refractivity contribution in [1.29, 1.82) is 0 Å². The van der Waals surface area contributed by atoms with Gasteiger partial charge in [-0.3, -0.25) is 9.59 Å². The standard InChI is InChI=1S/C19H21N3O5/c1-22(10-18(23)20-13-3-6-15(25-2)7-4-13)11-19(24)21-14-5-8-16-17(9-14)27-12-26-16/h3-9H,10-12H2,1-2H3,(H,20,23)(H,21,24)/p+1. The topological polar surface area (TPSA) is 90.3 Å². The van der Waals surface area contributed by atoms with E-state index in [-0.39, 0.29) is 31.7 Å². The van der Waals surface area contributed by atoms with Crippen LogP contribution in [0.2, 0.25) is 0 Å². The van der Waals surface area contributed by atoms with Gasteiger partial charge in [-0.25, -0.2) is 0 Å². The van der Waals surface area contributed by atoms with Crippen LogP contribution in [0.4, 0.5) is 11.4 Å². The predicted molar refractivity (Wildman–Crippen MR) is 99.4 cm³/mol. The van der Waals surface area contributed by atoms with E-state index in [1.807, 2.05) is 0 Å². The minimum absolute atomic E-state index is 0.157. The highest BCUT2D eigenvalue weighted by Gasteiger charge is 2.17. The average molecular weight is 372 g/mol. The van der Waals surface area contributed by atoms with Crippen LogP contribution in [0.15, 0.2) is 42.5 Å². The SMILES string of the molecule is COc1ccc(NC(=O)C[NH+](C)CC(=O)Nc2ccc3c(c2)OCO3)cc1. The Kier molecular flexibility index (Phi) is 5.77. The Labute approximate surface area is 157 Å². The fraction of sp³-hybridized carbons (Fsp3) is 0.263. The monoisotopic (exact) mass is 372 g/mol. The van der Waals surface area contributed by atoms with Crippen molar-refractivity contribution in [2.24, 2.45) is 0 Å². The molecule has 8 heteroatoms. The summed E-state index contributed by atoms with van der Waals surface area (Å²) in [4.78, 5) is 25.1. The van der Waals surface area contributed by atoms with E-state index in [0.29, 0.717) is 22.9 Å². The van der Waals surface area contributed by atoms with Crippen LogP contribution in [0.1, 0.15) is 0 Å². The third-order valence-electron chi connectivity index (χ3n) is 3.95. The molecule has 0 bridgehead atoms. The van der Waals surface area contributed by atoms with Gasteiger partial charge in [0.1, 0.15) is 5.75 Å². The van der Waals surface area contributed by atoms with E-state index in [1.54, 1.807) is 56.6 Å². The summed E-state index contributed by atoms with van der Waals surface area (Å²) < 4.78 is 15.6. The number of hydrogen-bond acceptors (Lipinski definition) is 5. The first-order chi connectivity index (χ1) is 13.0. The molecule has 1 aliphatic rings. The molecule has 1 aliphatic heterocycles. The van der Waals surface area contributed by atoms with Crippen LogP contribution in [-0.2, 0) is 9.59 Å². The van der Waals surface area contributed by atoms with Crippen molar-refractivity contribution in [1.82, 2.24) is 0 Å². The van der Waals surface area contributed by atoms with Gasteiger partial charge in [-0.15, -0.1) is 0 Å². The molecule has 0 saturated heterocycles. The van der Waals surface area contributed by atoms with Crippen molar-refractivity contribution in [3.8, 4) is 17.2 Å². The lowest BCUT2D eigenvalue weighted by molar-refractivity contribution is -0.862. The van der Waals surface area contributed by atoms with Crippen molar-refractivity contribution in [2.45, 2.75) is 0 Å². The molecule has 2 amide bonds. The zero-order chi connectivity index (χ0) is 19.2. The number of fused-ring (bicyclic) bond motifs is 1. The average Bonchev–Trinajstić information content (AvgIpc) is 3.09. The molecule has 3 N–H and O–H groups in total. The second kappa shape index (κ2) is 8.41. The lowest BCUT2D eigenvalue weighted by atomic mass is 10.2. The summed E-state index contributed by atoms with van der Waals surface area (Å²) in [7, 11) is 3.37. The van der Waals surface area contributed by atoms with Crippen LogP contribution >= 0.6 is 0 Å². The third kappa shape index (κ3) is 5.11. The van der Waals surface area contributed by atoms with E-state index in [4.69, 9.17) is 14.2 Å². The van der Waals surface area contributed by atoms with E-state index >= 15 is 0 Å². The number of quaternary nitrogens is 1. The molecular formula is C19H22N3O5+. The summed E-state index contributed by atoms with van der Waals surface area (Å²) in [5, 5.41) is 5.60. The number of methoxy groups -OCH3 is 1.